The van der Waals surface area contributed by atoms with E-state index in [2.05, 4.69) is 170 Å². The molecular formula is C49H30N2S. The largest absolute Gasteiger partial charge is 0.228 e. The molecule has 0 N–H and O–H groups in total. The van der Waals surface area contributed by atoms with Crippen LogP contribution in [0.1, 0.15) is 33.4 Å². The fraction of sp³-hybridized carbons (Fsp3) is 0.0204. The summed E-state index contributed by atoms with van der Waals surface area (Å²) in [5.41, 5.74) is 14.6. The molecule has 0 radical (unpaired) electrons. The molecule has 242 valence electrons. The summed E-state index contributed by atoms with van der Waals surface area (Å²) >= 11 is 1.88. The van der Waals surface area contributed by atoms with E-state index in [9.17, 15) is 0 Å². The SMILES string of the molecule is C1=Cc2ccc(-c3nc(-c4ccccc4)cc(-c4ccccc4)n3)cc2C2(c3ccccc31)c1ccccc1-c1cc3sc4ccccc4c3cc12. The Hall–Kier alpha value is -6.42. The molecule has 2 aliphatic carbocycles. The predicted molar refractivity (Wildman–Crippen MR) is 217 cm³/mol. The minimum atomic E-state index is -0.562. The molecule has 0 saturated heterocycles. The number of rotatable bonds is 3. The lowest BCUT2D eigenvalue weighted by Gasteiger charge is -2.35. The fourth-order valence-electron chi connectivity index (χ4n) is 8.64. The van der Waals surface area contributed by atoms with Gasteiger partial charge in [-0.15, -0.1) is 11.3 Å². The van der Waals surface area contributed by atoms with E-state index >= 15 is 0 Å². The molecule has 7 aromatic carbocycles. The number of nitrogens with zero attached hydrogens (tertiary/aromatic N) is 2. The van der Waals surface area contributed by atoms with Crippen LogP contribution in [0.3, 0.4) is 0 Å². The molecule has 11 rings (SSSR count). The van der Waals surface area contributed by atoms with E-state index in [0.717, 1.165) is 28.1 Å². The van der Waals surface area contributed by atoms with Crippen LogP contribution in [0.25, 0.3) is 77.4 Å². The van der Waals surface area contributed by atoms with Gasteiger partial charge < -0.3 is 0 Å². The second-order valence-corrected chi connectivity index (χ2v) is 14.8. The monoisotopic (exact) mass is 678 g/mol. The number of thiophene rings is 1. The Labute approximate surface area is 306 Å². The molecule has 2 aliphatic rings. The van der Waals surface area contributed by atoms with Crippen LogP contribution in [0, 0.1) is 0 Å². The van der Waals surface area contributed by atoms with Crippen LogP contribution in [0.5, 0.6) is 0 Å². The van der Waals surface area contributed by atoms with Crippen molar-refractivity contribution in [2.45, 2.75) is 5.41 Å². The van der Waals surface area contributed by atoms with Crippen LogP contribution >= 0.6 is 11.3 Å². The molecule has 9 aromatic rings. The van der Waals surface area contributed by atoms with E-state index in [4.69, 9.17) is 9.97 Å². The van der Waals surface area contributed by atoms with Crippen molar-refractivity contribution in [2.75, 3.05) is 0 Å². The fourth-order valence-corrected chi connectivity index (χ4v) is 9.77. The van der Waals surface area contributed by atoms with Gasteiger partial charge >= 0.3 is 0 Å². The van der Waals surface area contributed by atoms with Gasteiger partial charge in [0.2, 0.25) is 0 Å². The molecule has 2 heterocycles. The summed E-state index contributed by atoms with van der Waals surface area (Å²) in [6, 6.07) is 61.6. The maximum Gasteiger partial charge on any atom is 0.160 e. The molecule has 0 fully saturated rings. The molecule has 2 aromatic heterocycles. The summed E-state index contributed by atoms with van der Waals surface area (Å²) in [5, 5.41) is 2.62. The van der Waals surface area contributed by atoms with Crippen molar-refractivity contribution in [3.63, 3.8) is 0 Å². The van der Waals surface area contributed by atoms with Gasteiger partial charge in [-0.1, -0.05) is 152 Å². The molecular weight excluding hydrogens is 649 g/mol. The number of benzene rings is 7. The zero-order chi connectivity index (χ0) is 34.2. The van der Waals surface area contributed by atoms with E-state index in [0.29, 0.717) is 5.82 Å². The predicted octanol–water partition coefficient (Wildman–Crippen LogP) is 12.7. The van der Waals surface area contributed by atoms with Gasteiger partial charge in [0.05, 0.1) is 16.8 Å². The molecule has 0 amide bonds. The second kappa shape index (κ2) is 11.3. The molecule has 0 saturated carbocycles. The first kappa shape index (κ1) is 29.3. The van der Waals surface area contributed by atoms with Gasteiger partial charge in [-0.25, -0.2) is 9.97 Å². The third kappa shape index (κ3) is 4.24. The van der Waals surface area contributed by atoms with Crippen LogP contribution < -0.4 is 0 Å². The minimum absolute atomic E-state index is 0.562. The first-order valence-corrected chi connectivity index (χ1v) is 18.6. The van der Waals surface area contributed by atoms with Crippen molar-refractivity contribution in [1.29, 1.82) is 0 Å². The van der Waals surface area contributed by atoms with Crippen LogP contribution in [0.2, 0.25) is 0 Å². The maximum atomic E-state index is 5.26. The van der Waals surface area contributed by atoms with Gasteiger partial charge in [0.25, 0.3) is 0 Å². The van der Waals surface area contributed by atoms with E-state index in [1.165, 1.54) is 64.7 Å². The van der Waals surface area contributed by atoms with Crippen LogP contribution in [0.15, 0.2) is 170 Å². The van der Waals surface area contributed by atoms with E-state index in [1.54, 1.807) is 0 Å². The van der Waals surface area contributed by atoms with Crippen LogP contribution in [0.4, 0.5) is 0 Å². The Morgan fingerprint density at radius 3 is 1.79 bits per heavy atom. The zero-order valence-corrected chi connectivity index (χ0v) is 28.9. The third-order valence-electron chi connectivity index (χ3n) is 10.9. The highest BCUT2D eigenvalue weighted by Gasteiger charge is 2.49. The first-order valence-electron chi connectivity index (χ1n) is 17.7. The number of hydrogen-bond donors (Lipinski definition) is 0. The summed E-state index contributed by atoms with van der Waals surface area (Å²) in [5.74, 6) is 0.713. The Morgan fingerprint density at radius 2 is 1.02 bits per heavy atom. The summed E-state index contributed by atoms with van der Waals surface area (Å²) in [6.07, 6.45) is 4.59. The summed E-state index contributed by atoms with van der Waals surface area (Å²) in [4.78, 5) is 10.5. The Morgan fingerprint density at radius 1 is 0.385 bits per heavy atom. The number of hydrogen-bond acceptors (Lipinski definition) is 3. The highest BCUT2D eigenvalue weighted by atomic mass is 32.1. The maximum absolute atomic E-state index is 5.26. The van der Waals surface area contributed by atoms with Crippen LogP contribution in [-0.2, 0) is 5.41 Å². The normalized spacial score (nSPS) is 15.3. The smallest absolute Gasteiger partial charge is 0.160 e. The van der Waals surface area contributed by atoms with Crippen molar-refractivity contribution < 1.29 is 0 Å². The Balaban J connectivity index is 1.23. The van der Waals surface area contributed by atoms with Gasteiger partial charge in [-0.05, 0) is 74.8 Å². The molecule has 1 atom stereocenters. The average Bonchev–Trinajstić information content (AvgIpc) is 3.67. The van der Waals surface area contributed by atoms with Crippen molar-refractivity contribution in [3.8, 4) is 45.0 Å². The molecule has 2 nitrogen and oxygen atoms in total. The lowest BCUT2D eigenvalue weighted by molar-refractivity contribution is 0.767. The first-order chi connectivity index (χ1) is 25.8. The van der Waals surface area contributed by atoms with Gasteiger partial charge in [0.15, 0.2) is 5.82 Å². The minimum Gasteiger partial charge on any atom is -0.228 e. The summed E-state index contributed by atoms with van der Waals surface area (Å²) < 4.78 is 2.64. The molecule has 3 heteroatoms. The number of fused-ring (bicyclic) bond motifs is 12. The second-order valence-electron chi connectivity index (χ2n) is 13.7. The molecule has 1 spiro atoms. The molecule has 52 heavy (non-hydrogen) atoms. The van der Waals surface area contributed by atoms with Crippen molar-refractivity contribution in [2.24, 2.45) is 0 Å². The Bertz CT molecular complexity index is 2850. The van der Waals surface area contributed by atoms with Gasteiger partial charge in [-0.3, -0.25) is 0 Å². The quantitative estimate of drug-likeness (QED) is 0.186. The molecule has 0 aliphatic heterocycles. The van der Waals surface area contributed by atoms with Crippen molar-refractivity contribution >= 4 is 43.7 Å². The lowest BCUT2D eigenvalue weighted by atomic mass is 9.65. The third-order valence-corrected chi connectivity index (χ3v) is 12.1. The van der Waals surface area contributed by atoms with E-state index in [1.807, 2.05) is 23.5 Å². The van der Waals surface area contributed by atoms with Gasteiger partial charge in [-0.2, -0.15) is 0 Å². The summed E-state index contributed by atoms with van der Waals surface area (Å²) in [6.45, 7) is 0. The Kier molecular flexibility index (Phi) is 6.37. The summed E-state index contributed by atoms with van der Waals surface area (Å²) in [7, 11) is 0. The number of aromatic nitrogens is 2. The topological polar surface area (TPSA) is 25.8 Å². The standard InChI is InChI=1S/C49H30N2S/c1-3-14-33(15-4-1)44-30-45(34-16-5-2-6-17-34)51-48(50-44)35-26-25-32-24-23-31-13-7-10-20-40(31)49(42(32)27-35)41-21-11-8-18-36(41)38-29-47-39(28-43(38)49)37-19-9-12-22-46(37)52-47/h1-30H. The average molecular weight is 679 g/mol. The van der Waals surface area contributed by atoms with E-state index < -0.39 is 5.41 Å². The van der Waals surface area contributed by atoms with Crippen molar-refractivity contribution in [1.82, 2.24) is 9.97 Å². The molecule has 1 unspecified atom stereocenters. The molecule has 0 bridgehead atoms. The lowest BCUT2D eigenvalue weighted by Crippen LogP contribution is -2.30. The van der Waals surface area contributed by atoms with Gasteiger partial charge in [0.1, 0.15) is 0 Å². The van der Waals surface area contributed by atoms with Crippen LogP contribution in [-0.4, -0.2) is 9.97 Å². The van der Waals surface area contributed by atoms with Crippen molar-refractivity contribution in [3.05, 3.63) is 203 Å². The zero-order valence-electron chi connectivity index (χ0n) is 28.1. The van der Waals surface area contributed by atoms with Gasteiger partial charge in [0, 0.05) is 36.9 Å². The van der Waals surface area contributed by atoms with E-state index in [-0.39, 0.29) is 0 Å². The highest BCUT2D eigenvalue weighted by molar-refractivity contribution is 7.25. The highest BCUT2D eigenvalue weighted by Crippen LogP contribution is 2.60.